The Labute approximate surface area is 188 Å². The summed E-state index contributed by atoms with van der Waals surface area (Å²) in [4.78, 5) is 20.9. The summed E-state index contributed by atoms with van der Waals surface area (Å²) >= 11 is 0. The first-order chi connectivity index (χ1) is 13.3. The van der Waals surface area contributed by atoms with Crippen LogP contribution in [0, 0.1) is 0 Å². The van der Waals surface area contributed by atoms with Gasteiger partial charge in [-0.15, -0.1) is 24.0 Å². The van der Waals surface area contributed by atoms with Gasteiger partial charge < -0.3 is 20.7 Å². The third kappa shape index (κ3) is 8.67. The van der Waals surface area contributed by atoms with Crippen LogP contribution in [0.2, 0.25) is 0 Å². The Morgan fingerprint density at radius 2 is 1.90 bits per heavy atom. The van der Waals surface area contributed by atoms with Gasteiger partial charge in [-0.3, -0.25) is 9.89 Å². The van der Waals surface area contributed by atoms with Crippen molar-refractivity contribution in [3.05, 3.63) is 30.1 Å². The second-order valence-corrected chi connectivity index (χ2v) is 7.18. The molecule has 0 unspecified atom stereocenters. The second-order valence-electron chi connectivity index (χ2n) is 7.18. The molecule has 2 aromatic rings. The Bertz CT molecular complexity index is 798. The number of H-pyrrole nitrogens is 1. The summed E-state index contributed by atoms with van der Waals surface area (Å²) in [5.74, 6) is 2.44. The zero-order valence-electron chi connectivity index (χ0n) is 17.5. The van der Waals surface area contributed by atoms with Crippen LogP contribution in [0.25, 0.3) is 11.4 Å². The molecule has 10 heteroatoms. The van der Waals surface area contributed by atoms with Crippen LogP contribution >= 0.6 is 24.0 Å². The third-order valence-corrected chi connectivity index (χ3v) is 3.54. The fourth-order valence-corrected chi connectivity index (χ4v) is 2.36. The molecule has 0 aliphatic carbocycles. The van der Waals surface area contributed by atoms with Crippen molar-refractivity contribution in [3.8, 4) is 17.1 Å². The van der Waals surface area contributed by atoms with Gasteiger partial charge in [0.1, 0.15) is 18.1 Å². The largest absolute Gasteiger partial charge is 0.497 e. The van der Waals surface area contributed by atoms with E-state index in [9.17, 15) is 4.79 Å². The number of ether oxygens (including phenoxy) is 1. The van der Waals surface area contributed by atoms with Gasteiger partial charge in [-0.1, -0.05) is 0 Å². The topological polar surface area (TPSA) is 116 Å². The van der Waals surface area contributed by atoms with Crippen molar-refractivity contribution < 1.29 is 9.53 Å². The number of guanidine groups is 1. The minimum Gasteiger partial charge on any atom is -0.497 e. The van der Waals surface area contributed by atoms with Gasteiger partial charge in [-0.2, -0.15) is 5.10 Å². The number of aromatic nitrogens is 3. The zero-order chi connectivity index (χ0) is 20.6. The van der Waals surface area contributed by atoms with Gasteiger partial charge in [-0.05, 0) is 52.0 Å². The van der Waals surface area contributed by atoms with Crippen LogP contribution < -0.4 is 20.7 Å². The smallest absolute Gasteiger partial charge is 0.239 e. The van der Waals surface area contributed by atoms with Crippen LogP contribution in [0.4, 0.5) is 0 Å². The van der Waals surface area contributed by atoms with Crippen molar-refractivity contribution in [2.45, 2.75) is 39.8 Å². The first kappa shape index (κ1) is 24.7. The lowest BCUT2D eigenvalue weighted by atomic mass is 10.1. The predicted molar refractivity (Wildman–Crippen MR) is 124 cm³/mol. The molecule has 0 radical (unpaired) electrons. The third-order valence-electron chi connectivity index (χ3n) is 3.54. The number of methoxy groups -OCH3 is 1. The number of hydrogen-bond acceptors (Lipinski definition) is 5. The maximum Gasteiger partial charge on any atom is 0.239 e. The Balaban J connectivity index is 0.00000420. The molecule has 1 aromatic heterocycles. The van der Waals surface area contributed by atoms with Crippen molar-refractivity contribution in [2.24, 2.45) is 4.99 Å². The number of carbonyl (C=O) groups excluding carboxylic acids is 1. The van der Waals surface area contributed by atoms with Gasteiger partial charge in [0.15, 0.2) is 11.8 Å². The Morgan fingerprint density at radius 3 is 2.48 bits per heavy atom. The van der Waals surface area contributed by atoms with E-state index in [2.05, 4.69) is 36.1 Å². The molecule has 29 heavy (non-hydrogen) atoms. The predicted octanol–water partition coefficient (Wildman–Crippen LogP) is 2.07. The molecule has 0 aliphatic heterocycles. The number of amides is 1. The van der Waals surface area contributed by atoms with Crippen molar-refractivity contribution in [1.82, 2.24) is 31.1 Å². The minimum absolute atomic E-state index is 0. The fraction of sp³-hybridized carbons (Fsp3) is 0.474. The number of hydrogen-bond donors (Lipinski definition) is 4. The van der Waals surface area contributed by atoms with Crippen LogP contribution in [0.15, 0.2) is 29.3 Å². The van der Waals surface area contributed by atoms with E-state index in [0.29, 0.717) is 30.7 Å². The van der Waals surface area contributed by atoms with E-state index >= 15 is 0 Å². The van der Waals surface area contributed by atoms with Crippen LogP contribution in [0.3, 0.4) is 0 Å². The van der Waals surface area contributed by atoms with E-state index < -0.39 is 0 Å². The van der Waals surface area contributed by atoms with Crippen molar-refractivity contribution in [3.63, 3.8) is 0 Å². The molecule has 0 saturated heterocycles. The van der Waals surface area contributed by atoms with Gasteiger partial charge in [0.05, 0.1) is 13.7 Å². The van der Waals surface area contributed by atoms with E-state index in [0.717, 1.165) is 11.3 Å². The van der Waals surface area contributed by atoms with Crippen LogP contribution in [0.5, 0.6) is 5.75 Å². The van der Waals surface area contributed by atoms with Gasteiger partial charge in [0, 0.05) is 17.6 Å². The molecule has 0 bridgehead atoms. The maximum absolute atomic E-state index is 12.0. The lowest BCUT2D eigenvalue weighted by Crippen LogP contribution is -2.48. The molecule has 0 aliphatic rings. The standard InChI is InChI=1S/C19H29N7O2.HI/c1-6-20-18(22-12-16(27)24-19(2,3)4)21-11-15-23-17(26-25-15)13-7-9-14(28-5)10-8-13;/h7-10H,6,11-12H2,1-5H3,(H,24,27)(H2,20,21,22)(H,23,25,26);1H. The normalized spacial score (nSPS) is 11.4. The van der Waals surface area contributed by atoms with Crippen LogP contribution in [-0.2, 0) is 11.3 Å². The SMILES string of the molecule is CCNC(=NCc1nc(-c2ccc(OC)cc2)n[nH]1)NCC(=O)NC(C)(C)C.I. The molecule has 1 aromatic carbocycles. The summed E-state index contributed by atoms with van der Waals surface area (Å²) in [6.45, 7) is 8.90. The number of halogens is 1. The molecular weight excluding hydrogens is 485 g/mol. The molecule has 0 spiro atoms. The second kappa shape index (κ2) is 11.6. The summed E-state index contributed by atoms with van der Waals surface area (Å²) in [5.41, 5.74) is 0.613. The van der Waals surface area contributed by atoms with Gasteiger partial charge >= 0.3 is 0 Å². The summed E-state index contributed by atoms with van der Waals surface area (Å²) in [5, 5.41) is 16.1. The van der Waals surface area contributed by atoms with E-state index in [1.54, 1.807) is 7.11 Å². The lowest BCUT2D eigenvalue weighted by Gasteiger charge is -2.21. The Morgan fingerprint density at radius 1 is 1.21 bits per heavy atom. The number of aromatic amines is 1. The molecule has 0 saturated carbocycles. The molecule has 1 amide bonds. The van der Waals surface area contributed by atoms with Gasteiger partial charge in [0.2, 0.25) is 5.91 Å². The summed E-state index contributed by atoms with van der Waals surface area (Å²) in [7, 11) is 1.63. The van der Waals surface area contributed by atoms with Crippen LogP contribution in [0.1, 0.15) is 33.5 Å². The first-order valence-electron chi connectivity index (χ1n) is 9.19. The highest BCUT2D eigenvalue weighted by molar-refractivity contribution is 14.0. The zero-order valence-corrected chi connectivity index (χ0v) is 19.8. The minimum atomic E-state index is -0.272. The average molecular weight is 515 g/mol. The molecule has 160 valence electrons. The number of nitrogens with one attached hydrogen (secondary N) is 4. The number of benzene rings is 1. The molecule has 2 rings (SSSR count). The average Bonchev–Trinajstić information content (AvgIpc) is 3.11. The van der Waals surface area contributed by atoms with E-state index in [-0.39, 0.29) is 42.0 Å². The van der Waals surface area contributed by atoms with Gasteiger partial charge in [0.25, 0.3) is 0 Å². The lowest BCUT2D eigenvalue weighted by molar-refractivity contribution is -0.121. The molecule has 1 heterocycles. The van der Waals surface area contributed by atoms with Crippen molar-refractivity contribution >= 4 is 35.8 Å². The quantitative estimate of drug-likeness (QED) is 0.255. The number of nitrogens with zero attached hydrogens (tertiary/aromatic N) is 3. The van der Waals surface area contributed by atoms with E-state index in [1.165, 1.54) is 0 Å². The highest BCUT2D eigenvalue weighted by atomic mass is 127. The number of carbonyl (C=O) groups is 1. The highest BCUT2D eigenvalue weighted by Gasteiger charge is 2.13. The fourth-order valence-electron chi connectivity index (χ4n) is 2.36. The summed E-state index contributed by atoms with van der Waals surface area (Å²) < 4.78 is 5.16. The van der Waals surface area contributed by atoms with Gasteiger partial charge in [-0.25, -0.2) is 9.98 Å². The Hall–Kier alpha value is -2.37. The first-order valence-corrected chi connectivity index (χ1v) is 9.19. The van der Waals surface area contributed by atoms with Crippen LogP contribution in [-0.4, -0.2) is 52.8 Å². The molecular formula is C19H30IN7O2. The molecule has 0 fully saturated rings. The van der Waals surface area contributed by atoms with Crippen molar-refractivity contribution in [1.29, 1.82) is 0 Å². The highest BCUT2D eigenvalue weighted by Crippen LogP contribution is 2.18. The Kier molecular flexibility index (Phi) is 9.86. The van der Waals surface area contributed by atoms with E-state index in [4.69, 9.17) is 4.74 Å². The molecule has 4 N–H and O–H groups in total. The maximum atomic E-state index is 12.0. The molecule has 0 atom stereocenters. The number of aliphatic imine (C=N–C) groups is 1. The number of rotatable bonds is 7. The summed E-state index contributed by atoms with van der Waals surface area (Å²) in [6, 6.07) is 7.52. The van der Waals surface area contributed by atoms with E-state index in [1.807, 2.05) is 52.0 Å². The monoisotopic (exact) mass is 515 g/mol. The summed E-state index contributed by atoms with van der Waals surface area (Å²) in [6.07, 6.45) is 0. The molecule has 9 nitrogen and oxygen atoms in total. The van der Waals surface area contributed by atoms with Crippen molar-refractivity contribution in [2.75, 3.05) is 20.2 Å².